The highest BCUT2D eigenvalue weighted by molar-refractivity contribution is 5.76. The number of nitrogens with zero attached hydrogens (tertiary/aromatic N) is 2. The average Bonchev–Trinajstić information content (AvgIpc) is 2.40. The fraction of sp³-hybridized carbons (Fsp3) is 0.429. The molecule has 19 heavy (non-hydrogen) atoms. The zero-order valence-corrected chi connectivity index (χ0v) is 11.1. The summed E-state index contributed by atoms with van der Waals surface area (Å²) >= 11 is 0. The lowest BCUT2D eigenvalue weighted by Gasteiger charge is -2.14. The highest BCUT2D eigenvalue weighted by Crippen LogP contribution is 2.05. The van der Waals surface area contributed by atoms with Crippen molar-refractivity contribution in [3.63, 3.8) is 0 Å². The highest BCUT2D eigenvalue weighted by Gasteiger charge is 2.09. The Bertz CT molecular complexity index is 607. The van der Waals surface area contributed by atoms with Gasteiger partial charge in [0.15, 0.2) is 0 Å². The maximum atomic E-state index is 12.2. The van der Waals surface area contributed by atoms with Gasteiger partial charge in [-0.3, -0.25) is 9.36 Å². The molecule has 1 heterocycles. The second-order valence-electron chi connectivity index (χ2n) is 4.76. The second kappa shape index (κ2) is 5.95. The van der Waals surface area contributed by atoms with Crippen LogP contribution in [0.5, 0.6) is 0 Å². The Kier molecular flexibility index (Phi) is 4.29. The summed E-state index contributed by atoms with van der Waals surface area (Å²) in [6.07, 6.45) is 0.799. The molecule has 0 radical (unpaired) electrons. The monoisotopic (exact) mass is 262 g/mol. The number of hydrogen-bond donors (Lipinski definition) is 1. The molecule has 0 aliphatic rings. The molecule has 1 aromatic heterocycles. The summed E-state index contributed by atoms with van der Waals surface area (Å²) in [5.74, 6) is 0. The normalized spacial score (nSPS) is 13.1. The fourth-order valence-corrected chi connectivity index (χ4v) is 1.82. The maximum absolute atomic E-state index is 12.2. The molecule has 5 nitrogen and oxygen atoms in total. The highest BCUT2D eigenvalue weighted by atomic mass is 16.5. The van der Waals surface area contributed by atoms with E-state index in [1.54, 1.807) is 18.2 Å². The summed E-state index contributed by atoms with van der Waals surface area (Å²) < 4.78 is 6.73. The minimum Gasteiger partial charge on any atom is -0.389 e. The molecule has 102 valence electrons. The zero-order chi connectivity index (χ0) is 13.8. The van der Waals surface area contributed by atoms with Crippen molar-refractivity contribution in [1.82, 2.24) is 9.55 Å². The van der Waals surface area contributed by atoms with Crippen molar-refractivity contribution in [3.8, 4) is 0 Å². The van der Waals surface area contributed by atoms with Crippen molar-refractivity contribution in [1.29, 1.82) is 0 Å². The van der Waals surface area contributed by atoms with Gasteiger partial charge < -0.3 is 9.84 Å². The molecule has 1 N–H and O–H groups in total. The number of fused-ring (bicyclic) bond motifs is 1. The molecule has 0 amide bonds. The van der Waals surface area contributed by atoms with Gasteiger partial charge in [-0.2, -0.15) is 0 Å². The van der Waals surface area contributed by atoms with Gasteiger partial charge in [0.2, 0.25) is 0 Å². The van der Waals surface area contributed by atoms with Crippen LogP contribution in [0.1, 0.15) is 13.8 Å². The topological polar surface area (TPSA) is 64.3 Å². The Morgan fingerprint density at radius 1 is 1.37 bits per heavy atom. The first-order valence-electron chi connectivity index (χ1n) is 6.32. The number of ether oxygens (including phenoxy) is 1. The number of para-hydroxylation sites is 1. The van der Waals surface area contributed by atoms with E-state index in [0.29, 0.717) is 10.9 Å². The van der Waals surface area contributed by atoms with Crippen LogP contribution in [0, 0.1) is 0 Å². The first kappa shape index (κ1) is 13.7. The van der Waals surface area contributed by atoms with Crippen LogP contribution in [-0.4, -0.2) is 33.5 Å². The van der Waals surface area contributed by atoms with E-state index < -0.39 is 6.10 Å². The second-order valence-corrected chi connectivity index (χ2v) is 4.76. The molecule has 1 aromatic carbocycles. The van der Waals surface area contributed by atoms with Gasteiger partial charge in [-0.05, 0) is 26.0 Å². The van der Waals surface area contributed by atoms with E-state index in [9.17, 15) is 9.90 Å². The Morgan fingerprint density at radius 2 is 2.11 bits per heavy atom. The zero-order valence-electron chi connectivity index (χ0n) is 11.1. The quantitative estimate of drug-likeness (QED) is 0.879. The third kappa shape index (κ3) is 3.39. The van der Waals surface area contributed by atoms with Crippen LogP contribution in [0.25, 0.3) is 10.9 Å². The van der Waals surface area contributed by atoms with Crippen molar-refractivity contribution in [2.24, 2.45) is 0 Å². The predicted molar refractivity (Wildman–Crippen MR) is 73.1 cm³/mol. The van der Waals surface area contributed by atoms with Crippen LogP contribution in [-0.2, 0) is 11.3 Å². The first-order chi connectivity index (χ1) is 9.08. The van der Waals surface area contributed by atoms with Crippen molar-refractivity contribution in [2.75, 3.05) is 6.61 Å². The smallest absolute Gasteiger partial charge is 0.261 e. The number of hydrogen-bond acceptors (Lipinski definition) is 4. The number of rotatable bonds is 5. The maximum Gasteiger partial charge on any atom is 0.261 e. The summed E-state index contributed by atoms with van der Waals surface area (Å²) in [5.41, 5.74) is 0.519. The lowest BCUT2D eigenvalue weighted by Crippen LogP contribution is -2.30. The largest absolute Gasteiger partial charge is 0.389 e. The lowest BCUT2D eigenvalue weighted by molar-refractivity contribution is -0.00111. The van der Waals surface area contributed by atoms with E-state index in [0.717, 1.165) is 0 Å². The molecule has 2 rings (SSSR count). The van der Waals surface area contributed by atoms with Gasteiger partial charge in [0.1, 0.15) is 0 Å². The lowest BCUT2D eigenvalue weighted by atomic mass is 10.2. The minimum absolute atomic E-state index is 0.0566. The van der Waals surface area contributed by atoms with Crippen LogP contribution >= 0.6 is 0 Å². The molecular formula is C14H18N2O3. The summed E-state index contributed by atoms with van der Waals surface area (Å²) in [5, 5.41) is 10.4. The van der Waals surface area contributed by atoms with Gasteiger partial charge in [0, 0.05) is 0 Å². The van der Waals surface area contributed by atoms with E-state index in [-0.39, 0.29) is 24.8 Å². The number of aliphatic hydroxyl groups excluding tert-OH is 1. The molecule has 0 spiro atoms. The Labute approximate surface area is 111 Å². The van der Waals surface area contributed by atoms with Crippen molar-refractivity contribution in [2.45, 2.75) is 32.6 Å². The van der Waals surface area contributed by atoms with Gasteiger partial charge >= 0.3 is 0 Å². The molecule has 0 fully saturated rings. The molecule has 1 unspecified atom stereocenters. The molecule has 0 aliphatic carbocycles. The van der Waals surface area contributed by atoms with Gasteiger partial charge in [-0.25, -0.2) is 4.98 Å². The molecule has 0 aliphatic heterocycles. The van der Waals surface area contributed by atoms with Gasteiger partial charge in [0.25, 0.3) is 5.56 Å². The molecule has 2 aromatic rings. The number of aromatic nitrogens is 2. The first-order valence-corrected chi connectivity index (χ1v) is 6.32. The van der Waals surface area contributed by atoms with Crippen molar-refractivity contribution >= 4 is 10.9 Å². The van der Waals surface area contributed by atoms with Crippen molar-refractivity contribution < 1.29 is 9.84 Å². The predicted octanol–water partition coefficient (Wildman–Crippen LogP) is 1.18. The third-order valence-corrected chi connectivity index (χ3v) is 2.76. The summed E-state index contributed by atoms with van der Waals surface area (Å²) in [4.78, 5) is 16.4. The molecule has 1 atom stereocenters. The van der Waals surface area contributed by atoms with E-state index in [1.807, 2.05) is 19.9 Å². The molecule has 0 bridgehead atoms. The van der Waals surface area contributed by atoms with Crippen LogP contribution in [0.3, 0.4) is 0 Å². The van der Waals surface area contributed by atoms with E-state index in [2.05, 4.69) is 4.98 Å². The fourth-order valence-electron chi connectivity index (χ4n) is 1.82. The Hall–Kier alpha value is -1.72. The van der Waals surface area contributed by atoms with Crippen LogP contribution in [0.15, 0.2) is 35.4 Å². The standard InChI is InChI=1S/C14H18N2O3/c1-10(2)19-8-11(17)7-16-9-15-13-6-4-3-5-12(13)14(16)18/h3-6,9-11,17H,7-8H2,1-2H3. The van der Waals surface area contributed by atoms with Crippen LogP contribution in [0.4, 0.5) is 0 Å². The number of benzene rings is 1. The van der Waals surface area contributed by atoms with Crippen LogP contribution in [0.2, 0.25) is 0 Å². The molecule has 0 saturated carbocycles. The summed E-state index contributed by atoms with van der Waals surface area (Å²) in [7, 11) is 0. The summed E-state index contributed by atoms with van der Waals surface area (Å²) in [6.45, 7) is 4.19. The van der Waals surface area contributed by atoms with E-state index >= 15 is 0 Å². The Morgan fingerprint density at radius 3 is 2.84 bits per heavy atom. The number of aliphatic hydroxyl groups is 1. The van der Waals surface area contributed by atoms with Crippen molar-refractivity contribution in [3.05, 3.63) is 40.9 Å². The minimum atomic E-state index is -0.719. The van der Waals surface area contributed by atoms with Gasteiger partial charge in [-0.15, -0.1) is 0 Å². The molecule has 5 heteroatoms. The molecule has 0 saturated heterocycles. The SMILES string of the molecule is CC(C)OCC(O)Cn1cnc2ccccc2c1=O. The summed E-state index contributed by atoms with van der Waals surface area (Å²) in [6, 6.07) is 7.16. The van der Waals surface area contributed by atoms with Gasteiger partial charge in [-0.1, -0.05) is 12.1 Å². The third-order valence-electron chi connectivity index (χ3n) is 2.76. The van der Waals surface area contributed by atoms with Crippen LogP contribution < -0.4 is 5.56 Å². The van der Waals surface area contributed by atoms with E-state index in [1.165, 1.54) is 10.9 Å². The molecular weight excluding hydrogens is 244 g/mol. The average molecular weight is 262 g/mol. The van der Waals surface area contributed by atoms with Gasteiger partial charge in [0.05, 0.1) is 42.6 Å². The Balaban J connectivity index is 2.17. The van der Waals surface area contributed by atoms with E-state index in [4.69, 9.17) is 4.74 Å².